The number of halogens is 2. The number of rotatable bonds is 4. The van der Waals surface area contributed by atoms with Gasteiger partial charge in [-0.3, -0.25) is 0 Å². The molecule has 0 aliphatic heterocycles. The van der Waals surface area contributed by atoms with E-state index in [1.54, 1.807) is 25.1 Å². The number of hydrogen-bond donors (Lipinski definition) is 1. The number of oxazole rings is 1. The van der Waals surface area contributed by atoms with Crippen LogP contribution in [0, 0.1) is 0 Å². The molecule has 7 heteroatoms. The largest absolute Gasteiger partial charge is 0.461 e. The van der Waals surface area contributed by atoms with Crippen LogP contribution in [-0.2, 0) is 4.74 Å². The lowest BCUT2D eigenvalue weighted by Crippen LogP contribution is -2.05. The molecule has 0 aliphatic rings. The van der Waals surface area contributed by atoms with Crippen molar-refractivity contribution in [1.29, 1.82) is 0 Å². The molecule has 0 bridgehead atoms. The lowest BCUT2D eigenvalue weighted by Gasteiger charge is -2.05. The second-order valence-corrected chi connectivity index (χ2v) is 4.29. The van der Waals surface area contributed by atoms with Gasteiger partial charge in [0.15, 0.2) is 5.69 Å². The predicted octanol–water partition coefficient (Wildman–Crippen LogP) is 3.90. The van der Waals surface area contributed by atoms with E-state index in [1.807, 2.05) is 0 Å². The first-order chi connectivity index (χ1) is 9.11. The Kier molecular flexibility index (Phi) is 4.29. The number of nitrogens with zero attached hydrogens (tertiary/aromatic N) is 1. The minimum atomic E-state index is -0.551. The van der Waals surface area contributed by atoms with Crippen LogP contribution in [0.4, 0.5) is 11.7 Å². The van der Waals surface area contributed by atoms with Gasteiger partial charge in [-0.15, -0.1) is 0 Å². The highest BCUT2D eigenvalue weighted by Gasteiger charge is 2.14. The number of hydrogen-bond acceptors (Lipinski definition) is 5. The lowest BCUT2D eigenvalue weighted by atomic mass is 10.3. The Labute approximate surface area is 119 Å². The molecular formula is C12H10Cl2N2O3. The average Bonchev–Trinajstić information content (AvgIpc) is 2.83. The van der Waals surface area contributed by atoms with Crippen molar-refractivity contribution in [3.8, 4) is 0 Å². The van der Waals surface area contributed by atoms with Crippen LogP contribution in [0.1, 0.15) is 17.4 Å². The molecule has 1 aromatic carbocycles. The van der Waals surface area contributed by atoms with Crippen molar-refractivity contribution in [1.82, 2.24) is 4.98 Å². The lowest BCUT2D eigenvalue weighted by molar-refractivity contribution is 0.0519. The van der Waals surface area contributed by atoms with Crippen molar-refractivity contribution in [3.05, 3.63) is 40.2 Å². The first-order valence-electron chi connectivity index (χ1n) is 5.45. The number of carbonyl (C=O) groups excluding carboxylic acids is 1. The highest BCUT2D eigenvalue weighted by Crippen LogP contribution is 2.32. The number of anilines is 2. The van der Waals surface area contributed by atoms with Crippen LogP contribution < -0.4 is 5.32 Å². The third-order valence-electron chi connectivity index (χ3n) is 2.18. The Morgan fingerprint density at radius 1 is 1.42 bits per heavy atom. The minimum Gasteiger partial charge on any atom is -0.461 e. The molecule has 2 rings (SSSR count). The topological polar surface area (TPSA) is 64.4 Å². The summed E-state index contributed by atoms with van der Waals surface area (Å²) in [5, 5.41) is 3.65. The number of para-hydroxylation sites is 1. The molecule has 0 fully saturated rings. The highest BCUT2D eigenvalue weighted by molar-refractivity contribution is 6.39. The third kappa shape index (κ3) is 3.19. The SMILES string of the molecule is CCOC(=O)c1coc(Nc2c(Cl)cccc2Cl)n1. The molecule has 19 heavy (non-hydrogen) atoms. The molecule has 1 aromatic heterocycles. The number of aromatic nitrogens is 1. The van der Waals surface area contributed by atoms with Gasteiger partial charge in [0.2, 0.25) is 0 Å². The van der Waals surface area contributed by atoms with Crippen LogP contribution in [0.5, 0.6) is 0 Å². The van der Waals surface area contributed by atoms with E-state index in [4.69, 9.17) is 32.4 Å². The van der Waals surface area contributed by atoms with E-state index in [2.05, 4.69) is 10.3 Å². The maximum Gasteiger partial charge on any atom is 0.360 e. The van der Waals surface area contributed by atoms with E-state index in [0.29, 0.717) is 15.7 Å². The van der Waals surface area contributed by atoms with Gasteiger partial charge >= 0.3 is 5.97 Å². The van der Waals surface area contributed by atoms with Crippen LogP contribution in [0.25, 0.3) is 0 Å². The van der Waals surface area contributed by atoms with Crippen LogP contribution in [0.3, 0.4) is 0 Å². The van der Waals surface area contributed by atoms with E-state index in [9.17, 15) is 4.79 Å². The van der Waals surface area contributed by atoms with Crippen LogP contribution in [0.15, 0.2) is 28.9 Å². The number of ether oxygens (including phenoxy) is 1. The van der Waals surface area contributed by atoms with E-state index in [0.717, 1.165) is 0 Å². The van der Waals surface area contributed by atoms with E-state index in [-0.39, 0.29) is 18.3 Å². The van der Waals surface area contributed by atoms with Gasteiger partial charge in [-0.2, -0.15) is 4.98 Å². The zero-order valence-corrected chi connectivity index (χ0v) is 11.5. The third-order valence-corrected chi connectivity index (χ3v) is 2.81. The van der Waals surface area contributed by atoms with Crippen molar-refractivity contribution in [2.24, 2.45) is 0 Å². The molecule has 0 radical (unpaired) electrons. The second kappa shape index (κ2) is 5.95. The van der Waals surface area contributed by atoms with Crippen LogP contribution in [0.2, 0.25) is 10.0 Å². The minimum absolute atomic E-state index is 0.0764. The molecule has 1 heterocycles. The maximum absolute atomic E-state index is 11.4. The average molecular weight is 301 g/mol. The Morgan fingerprint density at radius 2 is 2.11 bits per heavy atom. The summed E-state index contributed by atoms with van der Waals surface area (Å²) in [6.07, 6.45) is 1.20. The van der Waals surface area contributed by atoms with Gasteiger partial charge in [0.25, 0.3) is 6.01 Å². The molecular weight excluding hydrogens is 291 g/mol. The molecule has 0 aliphatic carbocycles. The maximum atomic E-state index is 11.4. The Morgan fingerprint density at radius 3 is 2.74 bits per heavy atom. The van der Waals surface area contributed by atoms with Gasteiger partial charge in [0, 0.05) is 0 Å². The fourth-order valence-corrected chi connectivity index (χ4v) is 1.85. The molecule has 0 unspecified atom stereocenters. The summed E-state index contributed by atoms with van der Waals surface area (Å²) in [7, 11) is 0. The highest BCUT2D eigenvalue weighted by atomic mass is 35.5. The first kappa shape index (κ1) is 13.7. The first-order valence-corrected chi connectivity index (χ1v) is 6.21. The van der Waals surface area contributed by atoms with Crippen molar-refractivity contribution >= 4 is 40.9 Å². The van der Waals surface area contributed by atoms with E-state index in [1.165, 1.54) is 6.26 Å². The van der Waals surface area contributed by atoms with Gasteiger partial charge in [0.05, 0.1) is 22.3 Å². The molecule has 5 nitrogen and oxygen atoms in total. The fraction of sp³-hybridized carbons (Fsp3) is 0.167. The predicted molar refractivity (Wildman–Crippen MR) is 72.2 cm³/mol. The van der Waals surface area contributed by atoms with Crippen molar-refractivity contribution in [2.45, 2.75) is 6.92 Å². The second-order valence-electron chi connectivity index (χ2n) is 3.48. The molecule has 0 atom stereocenters. The summed E-state index contributed by atoms with van der Waals surface area (Å²) in [6, 6.07) is 5.17. The van der Waals surface area contributed by atoms with E-state index < -0.39 is 5.97 Å². The number of carbonyl (C=O) groups is 1. The van der Waals surface area contributed by atoms with Crippen molar-refractivity contribution in [2.75, 3.05) is 11.9 Å². The summed E-state index contributed by atoms with van der Waals surface area (Å²) in [5.41, 5.74) is 0.538. The quantitative estimate of drug-likeness (QED) is 0.868. The number of esters is 1. The van der Waals surface area contributed by atoms with Crippen molar-refractivity contribution < 1.29 is 13.9 Å². The smallest absolute Gasteiger partial charge is 0.360 e. The monoisotopic (exact) mass is 300 g/mol. The van der Waals surface area contributed by atoms with Crippen molar-refractivity contribution in [3.63, 3.8) is 0 Å². The normalized spacial score (nSPS) is 10.3. The van der Waals surface area contributed by atoms with Gasteiger partial charge in [-0.25, -0.2) is 4.79 Å². The van der Waals surface area contributed by atoms with Gasteiger partial charge < -0.3 is 14.5 Å². The Balaban J connectivity index is 2.18. The number of benzene rings is 1. The summed E-state index contributed by atoms with van der Waals surface area (Å²) >= 11 is 12.0. The van der Waals surface area contributed by atoms with Gasteiger partial charge in [-0.1, -0.05) is 29.3 Å². The Hall–Kier alpha value is -1.72. The molecule has 2 aromatic rings. The molecule has 0 saturated heterocycles. The zero-order chi connectivity index (χ0) is 13.8. The van der Waals surface area contributed by atoms with Crippen LogP contribution in [-0.4, -0.2) is 17.6 Å². The fourth-order valence-electron chi connectivity index (χ4n) is 1.35. The molecule has 1 N–H and O–H groups in total. The van der Waals surface area contributed by atoms with Gasteiger partial charge in [-0.05, 0) is 19.1 Å². The van der Waals surface area contributed by atoms with Crippen LogP contribution >= 0.6 is 23.2 Å². The molecule has 0 spiro atoms. The van der Waals surface area contributed by atoms with E-state index >= 15 is 0 Å². The summed E-state index contributed by atoms with van der Waals surface area (Å²) < 4.78 is 9.90. The molecule has 0 amide bonds. The zero-order valence-electron chi connectivity index (χ0n) is 9.94. The molecule has 100 valence electrons. The summed E-state index contributed by atoms with van der Waals surface area (Å²) in [6.45, 7) is 1.98. The Bertz CT molecular complexity index is 578. The summed E-state index contributed by atoms with van der Waals surface area (Å²) in [5.74, 6) is -0.551. The van der Waals surface area contributed by atoms with Gasteiger partial charge in [0.1, 0.15) is 6.26 Å². The standard InChI is InChI=1S/C12H10Cl2N2O3/c1-2-18-11(17)9-6-19-12(15-9)16-10-7(13)4-3-5-8(10)14/h3-6H,2H2,1H3,(H,15,16). The summed E-state index contributed by atoms with van der Waals surface area (Å²) in [4.78, 5) is 15.4. The number of nitrogens with one attached hydrogen (secondary N) is 1. The molecule has 0 saturated carbocycles.